The Morgan fingerprint density at radius 3 is 2.50 bits per heavy atom. The summed E-state index contributed by atoms with van der Waals surface area (Å²) < 4.78 is 1.39. The fraction of sp³-hybridized carbons (Fsp3) is 0.333. The molecule has 9 nitrogen and oxygen atoms in total. The molecule has 0 radical (unpaired) electrons. The van der Waals surface area contributed by atoms with E-state index >= 15 is 0 Å². The first kappa shape index (κ1) is 18.2. The smallest absolute Gasteiger partial charge is 0.273 e. The maximum atomic E-state index is 12.7. The number of nitrogens with zero attached hydrogens (tertiary/aromatic N) is 7. The van der Waals surface area contributed by atoms with Crippen LogP contribution in [0.3, 0.4) is 0 Å². The van der Waals surface area contributed by atoms with Gasteiger partial charge in [0.05, 0.1) is 5.01 Å². The van der Waals surface area contributed by atoms with Gasteiger partial charge in [-0.2, -0.15) is 0 Å². The second-order valence-electron chi connectivity index (χ2n) is 6.47. The second kappa shape index (κ2) is 8.26. The van der Waals surface area contributed by atoms with Gasteiger partial charge in [0.25, 0.3) is 5.91 Å². The molecule has 0 N–H and O–H groups in total. The van der Waals surface area contributed by atoms with Crippen LogP contribution in [0.1, 0.15) is 21.1 Å². The number of hydrogen-bond donors (Lipinski definition) is 0. The van der Waals surface area contributed by atoms with Crippen molar-refractivity contribution in [1.82, 2.24) is 35.0 Å². The van der Waals surface area contributed by atoms with Crippen molar-refractivity contribution >= 4 is 23.2 Å². The highest BCUT2D eigenvalue weighted by atomic mass is 32.1. The summed E-state index contributed by atoms with van der Waals surface area (Å²) in [5.74, 6) is -0.138. The van der Waals surface area contributed by atoms with Gasteiger partial charge in [0, 0.05) is 38.0 Å². The number of hydrogen-bond acceptors (Lipinski definition) is 7. The van der Waals surface area contributed by atoms with Crippen molar-refractivity contribution in [3.05, 3.63) is 58.3 Å². The molecular formula is C18H19N7O2S. The van der Waals surface area contributed by atoms with Crippen LogP contribution in [0.4, 0.5) is 0 Å². The molecule has 2 amide bonds. The summed E-state index contributed by atoms with van der Waals surface area (Å²) in [7, 11) is 0. The van der Waals surface area contributed by atoms with Gasteiger partial charge < -0.3 is 9.80 Å². The van der Waals surface area contributed by atoms with Crippen LogP contribution in [0.5, 0.6) is 0 Å². The van der Waals surface area contributed by atoms with E-state index in [4.69, 9.17) is 0 Å². The average Bonchev–Trinajstić information content (AvgIpc) is 3.40. The maximum Gasteiger partial charge on any atom is 0.273 e. The number of aromatic nitrogens is 5. The Morgan fingerprint density at radius 2 is 1.79 bits per heavy atom. The summed E-state index contributed by atoms with van der Waals surface area (Å²) in [6.07, 6.45) is 2.13. The zero-order valence-electron chi connectivity index (χ0n) is 15.1. The fourth-order valence-corrected chi connectivity index (χ4v) is 3.88. The second-order valence-corrected chi connectivity index (χ2v) is 7.41. The van der Waals surface area contributed by atoms with E-state index in [1.54, 1.807) is 9.80 Å². The van der Waals surface area contributed by atoms with Crippen molar-refractivity contribution < 1.29 is 9.59 Å². The molecule has 10 heteroatoms. The summed E-state index contributed by atoms with van der Waals surface area (Å²) in [5.41, 5.74) is 1.65. The molecule has 3 aromatic rings. The summed E-state index contributed by atoms with van der Waals surface area (Å²) in [4.78, 5) is 33.0. The van der Waals surface area contributed by atoms with Gasteiger partial charge in [-0.25, -0.2) is 9.67 Å². The summed E-state index contributed by atoms with van der Waals surface area (Å²) in [5, 5.41) is 13.5. The highest BCUT2D eigenvalue weighted by Crippen LogP contribution is 2.17. The van der Waals surface area contributed by atoms with Gasteiger partial charge in [-0.05, 0) is 16.0 Å². The van der Waals surface area contributed by atoms with Crippen molar-refractivity contribution in [3.8, 4) is 0 Å². The summed E-state index contributed by atoms with van der Waals surface area (Å²) in [6.45, 7) is 2.08. The molecule has 144 valence electrons. The van der Waals surface area contributed by atoms with Crippen molar-refractivity contribution in [3.63, 3.8) is 0 Å². The predicted octanol–water partition coefficient (Wildman–Crippen LogP) is 0.705. The van der Waals surface area contributed by atoms with Gasteiger partial charge in [-0.3, -0.25) is 9.59 Å². The fourth-order valence-electron chi connectivity index (χ4n) is 3.07. The number of benzene rings is 1. The number of piperazine rings is 1. The summed E-state index contributed by atoms with van der Waals surface area (Å²) >= 11 is 1.50. The van der Waals surface area contributed by atoms with Crippen LogP contribution in [-0.4, -0.2) is 73.0 Å². The van der Waals surface area contributed by atoms with E-state index in [0.29, 0.717) is 31.9 Å². The first-order chi connectivity index (χ1) is 13.7. The SMILES string of the molecule is O=C(Cn1cnnn1)N1CCN(C(=O)c2csc(Cc3ccccc3)n2)CC1. The minimum absolute atomic E-state index is 0.0572. The molecule has 0 aliphatic carbocycles. The van der Waals surface area contributed by atoms with Gasteiger partial charge >= 0.3 is 0 Å². The molecule has 0 bridgehead atoms. The number of rotatable bonds is 5. The molecule has 0 atom stereocenters. The van der Waals surface area contributed by atoms with E-state index in [9.17, 15) is 9.59 Å². The molecule has 0 spiro atoms. The Morgan fingerprint density at radius 1 is 1.04 bits per heavy atom. The Bertz CT molecular complexity index is 934. The van der Waals surface area contributed by atoms with E-state index in [1.807, 2.05) is 23.6 Å². The lowest BCUT2D eigenvalue weighted by molar-refractivity contribution is -0.133. The Hall–Kier alpha value is -3.14. The van der Waals surface area contributed by atoms with Gasteiger partial charge in [-0.15, -0.1) is 16.4 Å². The molecule has 3 heterocycles. The van der Waals surface area contributed by atoms with Crippen LogP contribution in [0, 0.1) is 0 Å². The van der Waals surface area contributed by atoms with Crippen molar-refractivity contribution in [2.45, 2.75) is 13.0 Å². The van der Waals surface area contributed by atoms with E-state index in [-0.39, 0.29) is 18.4 Å². The molecule has 1 aromatic carbocycles. The third kappa shape index (κ3) is 4.22. The average molecular weight is 397 g/mol. The first-order valence-corrected chi connectivity index (χ1v) is 9.83. The molecule has 0 saturated carbocycles. The van der Waals surface area contributed by atoms with Crippen molar-refractivity contribution in [1.29, 1.82) is 0 Å². The van der Waals surface area contributed by atoms with Gasteiger partial charge in [0.15, 0.2) is 0 Å². The Balaban J connectivity index is 1.31. The van der Waals surface area contributed by atoms with E-state index in [1.165, 1.54) is 27.9 Å². The van der Waals surface area contributed by atoms with E-state index in [0.717, 1.165) is 11.4 Å². The number of thiazole rings is 1. The van der Waals surface area contributed by atoms with Crippen LogP contribution in [0.15, 0.2) is 42.0 Å². The van der Waals surface area contributed by atoms with E-state index in [2.05, 4.69) is 32.6 Å². The molecule has 28 heavy (non-hydrogen) atoms. The zero-order valence-corrected chi connectivity index (χ0v) is 16.0. The molecule has 1 fully saturated rings. The van der Waals surface area contributed by atoms with Crippen LogP contribution in [-0.2, 0) is 17.8 Å². The first-order valence-electron chi connectivity index (χ1n) is 8.95. The number of amides is 2. The molecule has 1 aliphatic rings. The monoisotopic (exact) mass is 397 g/mol. The molecule has 2 aromatic heterocycles. The Labute approximate surface area is 165 Å². The van der Waals surface area contributed by atoms with Crippen LogP contribution < -0.4 is 0 Å². The zero-order chi connectivity index (χ0) is 19.3. The molecule has 4 rings (SSSR count). The number of tetrazole rings is 1. The van der Waals surface area contributed by atoms with Gasteiger partial charge in [0.1, 0.15) is 18.6 Å². The van der Waals surface area contributed by atoms with E-state index < -0.39 is 0 Å². The van der Waals surface area contributed by atoms with Crippen LogP contribution in [0.2, 0.25) is 0 Å². The lowest BCUT2D eigenvalue weighted by Crippen LogP contribution is -2.51. The summed E-state index contributed by atoms with van der Waals surface area (Å²) in [6, 6.07) is 10.1. The van der Waals surface area contributed by atoms with Crippen LogP contribution >= 0.6 is 11.3 Å². The molecular weight excluding hydrogens is 378 g/mol. The van der Waals surface area contributed by atoms with Gasteiger partial charge in [0.2, 0.25) is 5.91 Å². The minimum Gasteiger partial charge on any atom is -0.338 e. The molecule has 0 unspecified atom stereocenters. The minimum atomic E-state index is -0.0804. The normalized spacial score (nSPS) is 14.3. The maximum absolute atomic E-state index is 12.7. The number of carbonyl (C=O) groups excluding carboxylic acids is 2. The highest BCUT2D eigenvalue weighted by Gasteiger charge is 2.26. The molecule has 1 aliphatic heterocycles. The predicted molar refractivity (Wildman–Crippen MR) is 102 cm³/mol. The highest BCUT2D eigenvalue weighted by molar-refractivity contribution is 7.09. The van der Waals surface area contributed by atoms with Crippen LogP contribution in [0.25, 0.3) is 0 Å². The quantitative estimate of drug-likeness (QED) is 0.629. The topological polar surface area (TPSA) is 97.1 Å². The third-order valence-electron chi connectivity index (χ3n) is 4.58. The lowest BCUT2D eigenvalue weighted by atomic mass is 10.2. The standard InChI is InChI=1S/C18H19N7O2S/c26-17(11-25-13-19-21-22-25)23-6-8-24(9-7-23)18(27)15-12-28-16(20-15)10-14-4-2-1-3-5-14/h1-5,12-13H,6-11H2. The van der Waals surface area contributed by atoms with Crippen molar-refractivity contribution in [2.75, 3.05) is 26.2 Å². The largest absolute Gasteiger partial charge is 0.338 e. The van der Waals surface area contributed by atoms with Gasteiger partial charge in [-0.1, -0.05) is 30.3 Å². The molecule has 1 saturated heterocycles. The Kier molecular flexibility index (Phi) is 5.38. The number of carbonyl (C=O) groups is 2. The lowest BCUT2D eigenvalue weighted by Gasteiger charge is -2.34. The third-order valence-corrected chi connectivity index (χ3v) is 5.43. The van der Waals surface area contributed by atoms with Crippen molar-refractivity contribution in [2.24, 2.45) is 0 Å².